The fourth-order valence-electron chi connectivity index (χ4n) is 3.52. The first-order valence-corrected chi connectivity index (χ1v) is 9.52. The first-order chi connectivity index (χ1) is 12.8. The molecule has 0 saturated heterocycles. The summed E-state index contributed by atoms with van der Waals surface area (Å²) in [5, 5.41) is 9.42. The van der Waals surface area contributed by atoms with Gasteiger partial charge < -0.3 is 13.9 Å². The van der Waals surface area contributed by atoms with Gasteiger partial charge in [0, 0.05) is 28.9 Å². The summed E-state index contributed by atoms with van der Waals surface area (Å²) in [6.07, 6.45) is 0. The van der Waals surface area contributed by atoms with Crippen molar-refractivity contribution in [3.8, 4) is 11.6 Å². The van der Waals surface area contributed by atoms with E-state index in [0.29, 0.717) is 11.8 Å². The Morgan fingerprint density at radius 2 is 1.74 bits per heavy atom. The van der Waals surface area contributed by atoms with Crippen LogP contribution in [0, 0.1) is 0 Å². The van der Waals surface area contributed by atoms with Crippen LogP contribution in [-0.2, 0) is 11.3 Å². The van der Waals surface area contributed by atoms with Crippen LogP contribution in [-0.4, -0.2) is 37.7 Å². The third-order valence-corrected chi connectivity index (χ3v) is 4.66. The molecule has 0 atom stereocenters. The molecule has 0 aliphatic rings. The molecular weight excluding hydrogens is 340 g/mol. The fourth-order valence-corrected chi connectivity index (χ4v) is 3.52. The Bertz CT molecular complexity index is 929. The molecule has 0 N–H and O–H groups in total. The lowest BCUT2D eigenvalue weighted by Crippen LogP contribution is -2.43. The molecule has 0 unspecified atom stereocenters. The summed E-state index contributed by atoms with van der Waals surface area (Å²) in [6.45, 7) is 12.4. The SMILES string of the molecule is CC(C)c1nnc(-c2cc3ccccc3n2CC(=O)N(C(C)C)C(C)C)o1. The quantitative estimate of drug-likeness (QED) is 0.644. The van der Waals surface area contributed by atoms with E-state index in [1.54, 1.807) is 0 Å². The number of hydrogen-bond acceptors (Lipinski definition) is 4. The van der Waals surface area contributed by atoms with Crippen LogP contribution >= 0.6 is 0 Å². The van der Waals surface area contributed by atoms with E-state index >= 15 is 0 Å². The molecule has 0 fully saturated rings. The smallest absolute Gasteiger partial charge is 0.264 e. The standard InChI is InChI=1S/C21H28N4O2/c1-13(2)20-22-23-21(27-20)18-11-16-9-7-8-10-17(16)24(18)12-19(26)25(14(3)4)15(5)6/h7-11,13-15H,12H2,1-6H3. The van der Waals surface area contributed by atoms with Gasteiger partial charge in [-0.25, -0.2) is 0 Å². The highest BCUT2D eigenvalue weighted by Gasteiger charge is 2.24. The number of hydrogen-bond donors (Lipinski definition) is 0. The van der Waals surface area contributed by atoms with Crippen LogP contribution in [0.25, 0.3) is 22.5 Å². The first kappa shape index (κ1) is 19.1. The van der Waals surface area contributed by atoms with Crippen LogP contribution in [0.4, 0.5) is 0 Å². The Morgan fingerprint density at radius 1 is 1.07 bits per heavy atom. The zero-order chi connectivity index (χ0) is 19.7. The number of benzene rings is 1. The summed E-state index contributed by atoms with van der Waals surface area (Å²) < 4.78 is 7.85. The van der Waals surface area contributed by atoms with Crippen LogP contribution in [0.2, 0.25) is 0 Å². The van der Waals surface area contributed by atoms with Crippen molar-refractivity contribution in [3.05, 3.63) is 36.2 Å². The van der Waals surface area contributed by atoms with Crippen LogP contribution in [0.5, 0.6) is 0 Å². The normalized spacial score (nSPS) is 11.9. The predicted octanol–water partition coefficient (Wildman–Crippen LogP) is 4.46. The van der Waals surface area contributed by atoms with Gasteiger partial charge in [0.15, 0.2) is 0 Å². The van der Waals surface area contributed by atoms with E-state index < -0.39 is 0 Å². The summed E-state index contributed by atoms with van der Waals surface area (Å²) >= 11 is 0. The van der Waals surface area contributed by atoms with Crippen molar-refractivity contribution in [2.45, 2.75) is 66.1 Å². The number of fused-ring (bicyclic) bond motifs is 1. The summed E-state index contributed by atoms with van der Waals surface area (Å²) in [7, 11) is 0. The van der Waals surface area contributed by atoms with Crippen LogP contribution in [0.15, 0.2) is 34.7 Å². The second kappa shape index (κ2) is 7.55. The zero-order valence-corrected chi connectivity index (χ0v) is 16.9. The minimum atomic E-state index is 0.0752. The van der Waals surface area contributed by atoms with Crippen LogP contribution in [0.1, 0.15) is 53.4 Å². The number of carbonyl (C=O) groups excluding carboxylic acids is 1. The van der Waals surface area contributed by atoms with Crippen molar-refractivity contribution >= 4 is 16.8 Å². The van der Waals surface area contributed by atoms with Crippen molar-refractivity contribution in [1.29, 1.82) is 0 Å². The van der Waals surface area contributed by atoms with Gasteiger partial charge in [-0.1, -0.05) is 32.0 Å². The molecule has 3 rings (SSSR count). The molecule has 0 radical (unpaired) electrons. The molecule has 3 aromatic rings. The van der Waals surface area contributed by atoms with Crippen molar-refractivity contribution in [2.75, 3.05) is 0 Å². The van der Waals surface area contributed by atoms with E-state index in [9.17, 15) is 4.79 Å². The molecule has 2 aromatic heterocycles. The lowest BCUT2D eigenvalue weighted by atomic mass is 10.2. The van der Waals surface area contributed by atoms with E-state index in [-0.39, 0.29) is 30.5 Å². The average molecular weight is 368 g/mol. The number of carbonyl (C=O) groups is 1. The fraction of sp³-hybridized carbons (Fsp3) is 0.476. The molecule has 1 amide bonds. The number of amides is 1. The lowest BCUT2D eigenvalue weighted by Gasteiger charge is -2.31. The number of rotatable bonds is 6. The second-order valence-corrected chi connectivity index (χ2v) is 7.76. The maximum atomic E-state index is 13.1. The summed E-state index contributed by atoms with van der Waals surface area (Å²) in [5.41, 5.74) is 1.76. The monoisotopic (exact) mass is 368 g/mol. The molecule has 6 heteroatoms. The molecule has 1 aromatic carbocycles. The molecule has 0 saturated carbocycles. The van der Waals surface area contributed by atoms with Crippen molar-refractivity contribution in [2.24, 2.45) is 0 Å². The van der Waals surface area contributed by atoms with E-state index in [0.717, 1.165) is 16.6 Å². The summed E-state index contributed by atoms with van der Waals surface area (Å²) in [6, 6.07) is 10.3. The van der Waals surface area contributed by atoms with Gasteiger partial charge in [-0.05, 0) is 39.8 Å². The number of nitrogens with zero attached hydrogens (tertiary/aromatic N) is 4. The van der Waals surface area contributed by atoms with Crippen molar-refractivity contribution in [1.82, 2.24) is 19.7 Å². The maximum Gasteiger partial charge on any atom is 0.264 e. The van der Waals surface area contributed by atoms with Gasteiger partial charge in [0.05, 0.1) is 0 Å². The molecular formula is C21H28N4O2. The Kier molecular flexibility index (Phi) is 5.35. The van der Waals surface area contributed by atoms with Crippen molar-refractivity contribution in [3.63, 3.8) is 0 Å². The molecule has 0 spiro atoms. The third-order valence-electron chi connectivity index (χ3n) is 4.66. The van der Waals surface area contributed by atoms with E-state index in [1.807, 2.05) is 81.3 Å². The highest BCUT2D eigenvalue weighted by atomic mass is 16.4. The van der Waals surface area contributed by atoms with Gasteiger partial charge in [0.25, 0.3) is 5.89 Å². The second-order valence-electron chi connectivity index (χ2n) is 7.76. The van der Waals surface area contributed by atoms with Gasteiger partial charge in [-0.15, -0.1) is 10.2 Å². The summed E-state index contributed by atoms with van der Waals surface area (Å²) in [4.78, 5) is 15.0. The largest absolute Gasteiger partial charge is 0.419 e. The lowest BCUT2D eigenvalue weighted by molar-refractivity contribution is -0.135. The Hall–Kier alpha value is -2.63. The molecule has 0 aliphatic carbocycles. The van der Waals surface area contributed by atoms with Gasteiger partial charge >= 0.3 is 0 Å². The highest BCUT2D eigenvalue weighted by Crippen LogP contribution is 2.29. The third kappa shape index (κ3) is 3.75. The van der Waals surface area contributed by atoms with E-state index in [2.05, 4.69) is 10.2 Å². The molecule has 144 valence electrons. The molecule has 27 heavy (non-hydrogen) atoms. The van der Waals surface area contributed by atoms with Crippen LogP contribution in [0.3, 0.4) is 0 Å². The van der Waals surface area contributed by atoms with Gasteiger partial charge in [-0.2, -0.15) is 0 Å². The number of para-hydroxylation sites is 1. The van der Waals surface area contributed by atoms with Crippen molar-refractivity contribution < 1.29 is 9.21 Å². The Morgan fingerprint density at radius 3 is 2.33 bits per heavy atom. The summed E-state index contributed by atoms with van der Waals surface area (Å²) in [5.74, 6) is 1.27. The zero-order valence-electron chi connectivity index (χ0n) is 16.9. The van der Waals surface area contributed by atoms with Gasteiger partial charge in [0.1, 0.15) is 12.2 Å². The molecule has 0 bridgehead atoms. The minimum Gasteiger partial charge on any atom is -0.419 e. The van der Waals surface area contributed by atoms with Gasteiger partial charge in [-0.3, -0.25) is 4.79 Å². The molecule has 2 heterocycles. The number of aromatic nitrogens is 3. The molecule has 0 aliphatic heterocycles. The predicted molar refractivity (Wildman–Crippen MR) is 106 cm³/mol. The Balaban J connectivity index is 2.06. The highest BCUT2D eigenvalue weighted by molar-refractivity contribution is 5.88. The first-order valence-electron chi connectivity index (χ1n) is 9.52. The maximum absolute atomic E-state index is 13.1. The van der Waals surface area contributed by atoms with Crippen LogP contribution < -0.4 is 0 Å². The topological polar surface area (TPSA) is 64.2 Å². The Labute approximate surface area is 160 Å². The average Bonchev–Trinajstić information content (AvgIpc) is 3.19. The van der Waals surface area contributed by atoms with Gasteiger partial charge in [0.2, 0.25) is 11.8 Å². The van der Waals surface area contributed by atoms with E-state index in [4.69, 9.17) is 4.42 Å². The molecule has 6 nitrogen and oxygen atoms in total. The minimum absolute atomic E-state index is 0.0752. The van der Waals surface area contributed by atoms with E-state index in [1.165, 1.54) is 0 Å².